The molecule has 2 aliphatic heterocycles. The second-order valence-electron chi connectivity index (χ2n) is 4.97. The molecule has 0 radical (unpaired) electrons. The lowest BCUT2D eigenvalue weighted by Gasteiger charge is -2.25. The zero-order chi connectivity index (χ0) is 11.5. The van der Waals surface area contributed by atoms with Gasteiger partial charge in [0.1, 0.15) is 0 Å². The number of amides is 1. The average molecular weight is 245 g/mol. The molecule has 1 amide bonds. The first-order chi connectivity index (χ1) is 7.72. The number of nitrogens with zero attached hydrogens (tertiary/aromatic N) is 2. The molecule has 2 saturated heterocycles. The Morgan fingerprint density at radius 1 is 1.31 bits per heavy atom. The van der Waals surface area contributed by atoms with Gasteiger partial charge in [-0.15, -0.1) is 11.6 Å². The van der Waals surface area contributed by atoms with Gasteiger partial charge in [-0.3, -0.25) is 9.69 Å². The maximum Gasteiger partial charge on any atom is 0.222 e. The van der Waals surface area contributed by atoms with E-state index in [0.717, 1.165) is 25.9 Å². The highest BCUT2D eigenvalue weighted by molar-refractivity contribution is 6.17. The van der Waals surface area contributed by atoms with E-state index in [9.17, 15) is 4.79 Å². The summed E-state index contributed by atoms with van der Waals surface area (Å²) in [6, 6.07) is 1.29. The van der Waals surface area contributed by atoms with Crippen molar-refractivity contribution in [3.8, 4) is 0 Å². The molecule has 2 fully saturated rings. The molecule has 2 rings (SSSR count). The predicted molar refractivity (Wildman–Crippen MR) is 65.7 cm³/mol. The zero-order valence-electron chi connectivity index (χ0n) is 9.99. The van der Waals surface area contributed by atoms with Crippen molar-refractivity contribution in [3.63, 3.8) is 0 Å². The molecule has 0 aromatic heterocycles. The van der Waals surface area contributed by atoms with E-state index >= 15 is 0 Å². The lowest BCUT2D eigenvalue weighted by atomic mass is 10.1. The van der Waals surface area contributed by atoms with Gasteiger partial charge in [0.25, 0.3) is 0 Å². The largest absolute Gasteiger partial charge is 0.341 e. The standard InChI is InChI=1S/C12H21ClN2O/c1-14-10-4-5-11(14)9-15(8-6-10)12(16)3-2-7-13/h10-11H,2-9H2,1H3. The summed E-state index contributed by atoms with van der Waals surface area (Å²) < 4.78 is 0. The summed E-state index contributed by atoms with van der Waals surface area (Å²) >= 11 is 5.62. The van der Waals surface area contributed by atoms with Crippen LogP contribution in [-0.2, 0) is 4.79 Å². The summed E-state index contributed by atoms with van der Waals surface area (Å²) in [4.78, 5) is 16.5. The van der Waals surface area contributed by atoms with E-state index in [2.05, 4.69) is 11.9 Å². The van der Waals surface area contributed by atoms with Gasteiger partial charge in [0, 0.05) is 37.5 Å². The van der Waals surface area contributed by atoms with E-state index < -0.39 is 0 Å². The Morgan fingerprint density at radius 3 is 2.81 bits per heavy atom. The number of carbonyl (C=O) groups excluding carboxylic acids is 1. The molecule has 3 nitrogen and oxygen atoms in total. The molecule has 0 spiro atoms. The van der Waals surface area contributed by atoms with Crippen LogP contribution in [0.4, 0.5) is 0 Å². The van der Waals surface area contributed by atoms with E-state index in [1.165, 1.54) is 12.8 Å². The zero-order valence-corrected chi connectivity index (χ0v) is 10.7. The van der Waals surface area contributed by atoms with Crippen molar-refractivity contribution in [1.29, 1.82) is 0 Å². The summed E-state index contributed by atoms with van der Waals surface area (Å²) in [5.41, 5.74) is 0. The molecule has 2 atom stereocenters. The third-order valence-electron chi connectivity index (χ3n) is 4.03. The van der Waals surface area contributed by atoms with Crippen LogP contribution in [0.1, 0.15) is 32.1 Å². The van der Waals surface area contributed by atoms with Crippen LogP contribution in [0, 0.1) is 0 Å². The Hall–Kier alpha value is -0.280. The van der Waals surface area contributed by atoms with Crippen molar-refractivity contribution in [3.05, 3.63) is 0 Å². The highest BCUT2D eigenvalue weighted by Crippen LogP contribution is 2.28. The molecule has 4 heteroatoms. The number of likely N-dealkylation sites (tertiary alicyclic amines) is 1. The third-order valence-corrected chi connectivity index (χ3v) is 4.29. The lowest BCUT2D eigenvalue weighted by molar-refractivity contribution is -0.131. The Labute approximate surface area is 103 Å². The highest BCUT2D eigenvalue weighted by atomic mass is 35.5. The van der Waals surface area contributed by atoms with Gasteiger partial charge in [0.05, 0.1) is 0 Å². The number of likely N-dealkylation sites (N-methyl/N-ethyl adjacent to an activating group) is 1. The molecule has 16 heavy (non-hydrogen) atoms. The average Bonchev–Trinajstić information content (AvgIpc) is 2.50. The molecule has 0 N–H and O–H groups in total. The van der Waals surface area contributed by atoms with E-state index in [1.54, 1.807) is 0 Å². The first-order valence-electron chi connectivity index (χ1n) is 6.28. The number of halogens is 1. The van der Waals surface area contributed by atoms with Gasteiger partial charge in [0.2, 0.25) is 5.91 Å². The Balaban J connectivity index is 1.90. The van der Waals surface area contributed by atoms with E-state index in [4.69, 9.17) is 11.6 Å². The van der Waals surface area contributed by atoms with Crippen LogP contribution in [0.15, 0.2) is 0 Å². The molecule has 2 bridgehead atoms. The maximum absolute atomic E-state index is 11.9. The first kappa shape index (κ1) is 12.2. The smallest absolute Gasteiger partial charge is 0.222 e. The topological polar surface area (TPSA) is 23.6 Å². The van der Waals surface area contributed by atoms with Crippen LogP contribution >= 0.6 is 11.6 Å². The van der Waals surface area contributed by atoms with Crippen molar-refractivity contribution >= 4 is 17.5 Å². The Morgan fingerprint density at radius 2 is 2.06 bits per heavy atom. The van der Waals surface area contributed by atoms with Crippen molar-refractivity contribution in [2.75, 3.05) is 26.0 Å². The number of hydrogen-bond donors (Lipinski definition) is 0. The quantitative estimate of drug-likeness (QED) is 0.706. The molecule has 0 saturated carbocycles. The SMILES string of the molecule is CN1C2CCC1CN(C(=O)CCCCl)CC2. The van der Waals surface area contributed by atoms with E-state index in [1.807, 2.05) is 4.90 Å². The van der Waals surface area contributed by atoms with Gasteiger partial charge in [0.15, 0.2) is 0 Å². The van der Waals surface area contributed by atoms with Crippen LogP contribution in [0.3, 0.4) is 0 Å². The van der Waals surface area contributed by atoms with Gasteiger partial charge in [-0.1, -0.05) is 0 Å². The molecule has 92 valence electrons. The minimum absolute atomic E-state index is 0.293. The van der Waals surface area contributed by atoms with Crippen LogP contribution in [0.2, 0.25) is 0 Å². The summed E-state index contributed by atoms with van der Waals surface area (Å²) in [7, 11) is 2.20. The summed E-state index contributed by atoms with van der Waals surface area (Å²) in [5, 5.41) is 0. The number of rotatable bonds is 3. The molecule has 0 aromatic rings. The summed E-state index contributed by atoms with van der Waals surface area (Å²) in [6.07, 6.45) is 5.12. The Bertz CT molecular complexity index is 259. The highest BCUT2D eigenvalue weighted by Gasteiger charge is 2.35. The normalized spacial score (nSPS) is 30.5. The van der Waals surface area contributed by atoms with Crippen LogP contribution in [0.5, 0.6) is 0 Å². The van der Waals surface area contributed by atoms with Crippen molar-refractivity contribution in [2.24, 2.45) is 0 Å². The molecule has 0 aromatic carbocycles. The number of hydrogen-bond acceptors (Lipinski definition) is 2. The third kappa shape index (κ3) is 2.51. The van der Waals surface area contributed by atoms with Gasteiger partial charge < -0.3 is 4.90 Å². The van der Waals surface area contributed by atoms with Crippen LogP contribution in [-0.4, -0.2) is 53.8 Å². The number of alkyl halides is 1. The molecule has 2 heterocycles. The fourth-order valence-corrected chi connectivity index (χ4v) is 3.05. The second kappa shape index (κ2) is 5.37. The van der Waals surface area contributed by atoms with Gasteiger partial charge in [-0.2, -0.15) is 0 Å². The van der Waals surface area contributed by atoms with Crippen molar-refractivity contribution in [2.45, 2.75) is 44.2 Å². The fourth-order valence-electron chi connectivity index (χ4n) is 2.91. The monoisotopic (exact) mass is 244 g/mol. The first-order valence-corrected chi connectivity index (χ1v) is 6.81. The predicted octanol–water partition coefficient (Wildman–Crippen LogP) is 1.70. The minimum Gasteiger partial charge on any atom is -0.341 e. The number of fused-ring (bicyclic) bond motifs is 2. The van der Waals surface area contributed by atoms with Crippen molar-refractivity contribution < 1.29 is 4.79 Å². The maximum atomic E-state index is 11.9. The van der Waals surface area contributed by atoms with E-state index in [0.29, 0.717) is 30.3 Å². The molecular weight excluding hydrogens is 224 g/mol. The van der Waals surface area contributed by atoms with E-state index in [-0.39, 0.29) is 0 Å². The van der Waals surface area contributed by atoms with Crippen LogP contribution < -0.4 is 0 Å². The molecule has 2 unspecified atom stereocenters. The molecular formula is C12H21ClN2O. The van der Waals surface area contributed by atoms with Crippen LogP contribution in [0.25, 0.3) is 0 Å². The van der Waals surface area contributed by atoms with Crippen molar-refractivity contribution in [1.82, 2.24) is 9.80 Å². The molecule has 0 aliphatic carbocycles. The summed E-state index contributed by atoms with van der Waals surface area (Å²) in [5.74, 6) is 0.882. The lowest BCUT2D eigenvalue weighted by Crippen LogP contribution is -2.39. The fraction of sp³-hybridized carbons (Fsp3) is 0.917. The van der Waals surface area contributed by atoms with Gasteiger partial charge in [-0.25, -0.2) is 0 Å². The van der Waals surface area contributed by atoms with Gasteiger partial charge in [-0.05, 0) is 32.7 Å². The van der Waals surface area contributed by atoms with Gasteiger partial charge >= 0.3 is 0 Å². The molecule has 2 aliphatic rings. The summed E-state index contributed by atoms with van der Waals surface area (Å²) in [6.45, 7) is 1.86. The number of carbonyl (C=O) groups is 1. The minimum atomic E-state index is 0.293. The Kier molecular flexibility index (Phi) is 4.09. The second-order valence-corrected chi connectivity index (χ2v) is 5.35.